The molecule has 10 atom stereocenters. The molecule has 328 valence electrons. The van der Waals surface area contributed by atoms with E-state index < -0.39 is 31.1 Å². The minimum atomic E-state index is -2.12. The summed E-state index contributed by atoms with van der Waals surface area (Å²) >= 11 is 2.26. The molecule has 5 nitrogen and oxygen atoms in total. The Balaban J connectivity index is 6.37. The summed E-state index contributed by atoms with van der Waals surface area (Å²) in [7, 11) is -6.28. The Morgan fingerprint density at radius 1 is 0.679 bits per heavy atom. The maximum atomic E-state index is 13.7. The average molecular weight is 947 g/mol. The van der Waals surface area contributed by atoms with Crippen LogP contribution in [0.15, 0.2) is 47.1 Å². The highest BCUT2D eigenvalue weighted by atomic mass is 127. The molecule has 1 N–H and O–H groups in total. The summed E-state index contributed by atoms with van der Waals surface area (Å²) in [5.41, 5.74) is 0. The lowest BCUT2D eigenvalue weighted by atomic mass is 9.82. The first-order valence-electron chi connectivity index (χ1n) is 21.6. The van der Waals surface area contributed by atoms with E-state index in [1.54, 1.807) is 6.08 Å². The average Bonchev–Trinajstić information content (AvgIpc) is 3.04. The van der Waals surface area contributed by atoms with Gasteiger partial charge in [-0.05, 0) is 102 Å². The van der Waals surface area contributed by atoms with Gasteiger partial charge in [-0.25, -0.2) is 0 Å². The van der Waals surface area contributed by atoms with Crippen molar-refractivity contribution >= 4 is 53.3 Å². The van der Waals surface area contributed by atoms with E-state index in [1.807, 2.05) is 22.3 Å². The second kappa shape index (κ2) is 23.2. The summed E-state index contributed by atoms with van der Waals surface area (Å²) in [6.45, 7) is 51.5. The number of halogens is 1. The second-order valence-electron chi connectivity index (χ2n) is 22.0. The van der Waals surface area contributed by atoms with Gasteiger partial charge in [-0.15, -0.1) is 0 Å². The van der Waals surface area contributed by atoms with Crippen molar-refractivity contribution in [2.24, 2.45) is 35.5 Å². The predicted molar refractivity (Wildman–Crippen MR) is 262 cm³/mol. The van der Waals surface area contributed by atoms with Crippen LogP contribution >= 0.6 is 22.6 Å². The number of aliphatic hydroxyl groups excluding tert-OH is 1. The Labute approximate surface area is 365 Å². The molecule has 0 spiro atoms. The highest BCUT2D eigenvalue weighted by Gasteiger charge is 2.44. The van der Waals surface area contributed by atoms with Crippen LogP contribution in [0.2, 0.25) is 54.4 Å². The predicted octanol–water partition coefficient (Wildman–Crippen LogP) is 14.7. The first-order chi connectivity index (χ1) is 25.2. The lowest BCUT2D eigenvalue weighted by Crippen LogP contribution is -2.48. The highest BCUT2D eigenvalue weighted by Crippen LogP contribution is 2.42. The first-order valence-corrected chi connectivity index (χ1v) is 31.6. The fourth-order valence-corrected chi connectivity index (χ4v) is 11.4. The van der Waals surface area contributed by atoms with E-state index in [4.69, 9.17) is 13.3 Å². The van der Waals surface area contributed by atoms with E-state index in [0.717, 1.165) is 19.3 Å². The zero-order valence-corrected chi connectivity index (χ0v) is 45.5. The molecule has 0 bridgehead atoms. The number of hydrogen-bond acceptors (Lipinski definition) is 5. The molecular weight excluding hydrogens is 856 g/mol. The van der Waals surface area contributed by atoms with E-state index in [-0.39, 0.29) is 68.8 Å². The number of allylic oxidation sites excluding steroid dienone is 3. The Kier molecular flexibility index (Phi) is 23.1. The summed E-state index contributed by atoms with van der Waals surface area (Å²) in [6, 6.07) is 0. The van der Waals surface area contributed by atoms with Crippen molar-refractivity contribution in [1.29, 1.82) is 0 Å². The van der Waals surface area contributed by atoms with Gasteiger partial charge in [-0.3, -0.25) is 4.79 Å². The third-order valence-electron chi connectivity index (χ3n) is 13.7. The molecule has 0 amide bonds. The molecule has 0 aromatic heterocycles. The molecule has 0 saturated heterocycles. The molecular formula is C47H91IO5Si3. The zero-order valence-electron chi connectivity index (χ0n) is 40.3. The zero-order chi connectivity index (χ0) is 44.3. The van der Waals surface area contributed by atoms with Gasteiger partial charge in [0, 0.05) is 24.2 Å². The van der Waals surface area contributed by atoms with Crippen molar-refractivity contribution in [3.8, 4) is 0 Å². The van der Waals surface area contributed by atoms with Crippen molar-refractivity contribution in [1.82, 2.24) is 0 Å². The van der Waals surface area contributed by atoms with Gasteiger partial charge >= 0.3 is 0 Å². The van der Waals surface area contributed by atoms with Crippen molar-refractivity contribution < 1.29 is 23.2 Å². The third-order valence-corrected chi connectivity index (χ3v) is 27.6. The molecule has 0 aromatic carbocycles. The Bertz CT molecular complexity index is 1270. The van der Waals surface area contributed by atoms with Gasteiger partial charge < -0.3 is 18.4 Å². The number of carbonyl (C=O) groups excluding carboxylic acids is 1. The van der Waals surface area contributed by atoms with Crippen LogP contribution in [0, 0.1) is 35.5 Å². The summed E-state index contributed by atoms with van der Waals surface area (Å²) < 4.78 is 23.2. The number of aliphatic hydroxyl groups is 1. The topological polar surface area (TPSA) is 65.0 Å². The van der Waals surface area contributed by atoms with E-state index in [2.05, 4.69) is 184 Å². The van der Waals surface area contributed by atoms with Gasteiger partial charge in [0.05, 0.1) is 24.4 Å². The second-order valence-corrected chi connectivity index (χ2v) is 37.0. The quantitative estimate of drug-likeness (QED) is 0.0452. The third kappa shape index (κ3) is 18.2. The fraction of sp³-hybridized carbons (Fsp3) is 0.809. The molecule has 0 aromatic rings. The summed E-state index contributed by atoms with van der Waals surface area (Å²) in [6.07, 6.45) is 14.4. The van der Waals surface area contributed by atoms with Crippen molar-refractivity contribution in [3.05, 3.63) is 47.1 Å². The molecule has 0 radical (unpaired) electrons. The van der Waals surface area contributed by atoms with Crippen molar-refractivity contribution in [2.75, 3.05) is 0 Å². The normalized spacial score (nSPS) is 19.8. The molecule has 0 aliphatic rings. The molecule has 56 heavy (non-hydrogen) atoms. The number of carbonyl (C=O) groups is 1. The van der Waals surface area contributed by atoms with E-state index >= 15 is 0 Å². The van der Waals surface area contributed by atoms with Crippen LogP contribution in [0.25, 0.3) is 0 Å². The maximum absolute atomic E-state index is 13.7. The van der Waals surface area contributed by atoms with Crippen LogP contribution < -0.4 is 0 Å². The fourth-order valence-electron chi connectivity index (χ4n) is 6.41. The smallest absolute Gasteiger partial charge is 0.192 e. The van der Waals surface area contributed by atoms with Gasteiger partial charge in [0.2, 0.25) is 0 Å². The van der Waals surface area contributed by atoms with Gasteiger partial charge in [-0.1, -0.05) is 163 Å². The Hall–Kier alpha value is -0.149. The van der Waals surface area contributed by atoms with Crippen LogP contribution in [0.1, 0.15) is 130 Å². The monoisotopic (exact) mass is 947 g/mol. The van der Waals surface area contributed by atoms with Crippen molar-refractivity contribution in [3.63, 3.8) is 0 Å². The lowest BCUT2D eigenvalue weighted by molar-refractivity contribution is -0.116. The molecule has 0 rings (SSSR count). The van der Waals surface area contributed by atoms with Gasteiger partial charge in [-0.2, -0.15) is 0 Å². The molecule has 0 fully saturated rings. The largest absolute Gasteiger partial charge is 0.414 e. The summed E-state index contributed by atoms with van der Waals surface area (Å²) in [5, 5.41) is 11.7. The van der Waals surface area contributed by atoms with Crippen LogP contribution in [0.4, 0.5) is 0 Å². The van der Waals surface area contributed by atoms with Crippen LogP contribution in [-0.2, 0) is 18.1 Å². The van der Waals surface area contributed by atoms with Gasteiger partial charge in [0.1, 0.15) is 0 Å². The lowest BCUT2D eigenvalue weighted by Gasteiger charge is -2.43. The van der Waals surface area contributed by atoms with E-state index in [1.165, 1.54) is 0 Å². The standard InChI is InChI=1S/C47H91IO5Si3/c1-23-24-25-36(4)43(50)39(7)41(51-54(17,18)45(8,9)10)29-26-34(2)32-38(6)44(53-56(21,22)47(14,15)16)37(5)27-28-40(49)33-42(35(3)30-31-48)52-55(19,20)46(11,12)13/h23-25,27-28,30-31,34-39,41-44,50H,1,26,29,32-33H2,2-22H3/b25-24-,28-27-,31-30+/t34-,35+,36-,37-,38-,39-,41+,42-,43-,44-/m0/s1. The number of hydrogen-bond donors (Lipinski definition) is 1. The highest BCUT2D eigenvalue weighted by molar-refractivity contribution is 14.1. The van der Waals surface area contributed by atoms with Crippen LogP contribution in [0.3, 0.4) is 0 Å². The first kappa shape index (κ1) is 55.9. The number of ketones is 1. The molecule has 0 aliphatic carbocycles. The Morgan fingerprint density at radius 2 is 1.14 bits per heavy atom. The van der Waals surface area contributed by atoms with Gasteiger partial charge in [0.15, 0.2) is 30.7 Å². The van der Waals surface area contributed by atoms with E-state index in [9.17, 15) is 9.90 Å². The Morgan fingerprint density at radius 3 is 1.59 bits per heavy atom. The van der Waals surface area contributed by atoms with Crippen molar-refractivity contribution in [2.45, 2.75) is 208 Å². The van der Waals surface area contributed by atoms with Crippen LogP contribution in [-0.4, -0.2) is 60.3 Å². The molecule has 9 heteroatoms. The minimum Gasteiger partial charge on any atom is -0.414 e. The molecule has 0 aliphatic heterocycles. The SMILES string of the molecule is C=C/C=C\[C@H](C)[C@H](O)[C@@H](C)[C@@H](CC[C@H](C)C[C@H](C)[C@@H](O[Si](C)(C)C(C)(C)C)[C@@H](C)/C=C\C(=O)C[C@H](O[Si](C)(C)C(C)(C)C)[C@H](C)/C=C/I)O[Si](C)(C)C(C)(C)C. The summed E-state index contributed by atoms with van der Waals surface area (Å²) in [4.78, 5) is 13.7. The molecule has 0 saturated carbocycles. The minimum absolute atomic E-state index is 0.00693. The van der Waals surface area contributed by atoms with Crippen LogP contribution in [0.5, 0.6) is 0 Å². The molecule has 0 unspecified atom stereocenters. The maximum Gasteiger partial charge on any atom is 0.192 e. The summed E-state index contributed by atoms with van der Waals surface area (Å²) in [5.74, 6) is 1.03. The van der Waals surface area contributed by atoms with E-state index in [0.29, 0.717) is 12.3 Å². The molecule has 0 heterocycles. The number of rotatable bonds is 24. The van der Waals surface area contributed by atoms with Gasteiger partial charge in [0.25, 0.3) is 0 Å².